The van der Waals surface area contributed by atoms with Crippen molar-refractivity contribution in [3.05, 3.63) is 35.4 Å². The highest BCUT2D eigenvalue weighted by molar-refractivity contribution is 5.27. The molecule has 1 unspecified atom stereocenters. The number of hydrogen-bond acceptors (Lipinski definition) is 2. The first kappa shape index (κ1) is 14.5. The van der Waals surface area contributed by atoms with Crippen molar-refractivity contribution < 1.29 is 5.11 Å². The Morgan fingerprint density at radius 1 is 1.37 bits per heavy atom. The number of nitrogens with one attached hydrogen (secondary N) is 1. The summed E-state index contributed by atoms with van der Waals surface area (Å²) in [6, 6.07) is 9.59. The van der Waals surface area contributed by atoms with Crippen LogP contribution in [0.15, 0.2) is 24.3 Å². The van der Waals surface area contributed by atoms with Crippen LogP contribution in [0.25, 0.3) is 0 Å². The van der Waals surface area contributed by atoms with E-state index in [2.05, 4.69) is 43.4 Å². The van der Waals surface area contributed by atoms with Gasteiger partial charge in [0.15, 0.2) is 0 Å². The maximum Gasteiger partial charge on any atom is 0.0434 e. The first-order valence-corrected chi connectivity index (χ1v) is 7.63. The molecular weight excluding hydrogens is 234 g/mol. The Morgan fingerprint density at radius 3 is 2.79 bits per heavy atom. The maximum absolute atomic E-state index is 8.99. The summed E-state index contributed by atoms with van der Waals surface area (Å²) in [6.45, 7) is 5.75. The molecule has 1 saturated carbocycles. The van der Waals surface area contributed by atoms with Crippen LogP contribution in [-0.2, 0) is 0 Å². The van der Waals surface area contributed by atoms with Gasteiger partial charge in [0.05, 0.1) is 0 Å². The Labute approximate surface area is 117 Å². The summed E-state index contributed by atoms with van der Waals surface area (Å²) in [5, 5.41) is 12.7. The molecule has 1 aliphatic rings. The minimum absolute atomic E-state index is 0.316. The third-order valence-corrected chi connectivity index (χ3v) is 4.46. The summed E-state index contributed by atoms with van der Waals surface area (Å²) in [5.41, 5.74) is 2.86. The van der Waals surface area contributed by atoms with E-state index in [4.69, 9.17) is 5.11 Å². The Kier molecular flexibility index (Phi) is 5.41. The fraction of sp³-hybridized carbons (Fsp3) is 0.647. The third-order valence-electron chi connectivity index (χ3n) is 4.46. The predicted octanol–water partition coefficient (Wildman–Crippen LogP) is 3.24. The Hall–Kier alpha value is -0.860. The molecule has 1 fully saturated rings. The van der Waals surface area contributed by atoms with E-state index in [-0.39, 0.29) is 0 Å². The second-order valence-corrected chi connectivity index (χ2v) is 5.97. The van der Waals surface area contributed by atoms with E-state index in [0.29, 0.717) is 18.6 Å². The molecule has 2 nitrogen and oxygen atoms in total. The maximum atomic E-state index is 8.99. The van der Waals surface area contributed by atoms with Crippen LogP contribution in [-0.4, -0.2) is 24.3 Å². The summed E-state index contributed by atoms with van der Waals surface area (Å²) < 4.78 is 0. The van der Waals surface area contributed by atoms with Gasteiger partial charge in [-0.25, -0.2) is 0 Å². The van der Waals surface area contributed by atoms with E-state index in [1.165, 1.54) is 24.0 Å². The van der Waals surface area contributed by atoms with Crippen molar-refractivity contribution in [1.82, 2.24) is 5.32 Å². The molecule has 0 heterocycles. The van der Waals surface area contributed by atoms with Crippen molar-refractivity contribution in [2.24, 2.45) is 5.92 Å². The van der Waals surface area contributed by atoms with Crippen LogP contribution < -0.4 is 5.32 Å². The number of rotatable bonds is 7. The normalized spacial score (nSPS) is 23.9. The van der Waals surface area contributed by atoms with Crippen LogP contribution in [0.4, 0.5) is 0 Å². The largest absolute Gasteiger partial charge is 0.396 e. The molecule has 106 valence electrons. The monoisotopic (exact) mass is 261 g/mol. The van der Waals surface area contributed by atoms with Crippen LogP contribution in [0.2, 0.25) is 0 Å². The average Bonchev–Trinajstić information content (AvgIpc) is 2.35. The molecule has 19 heavy (non-hydrogen) atoms. The van der Waals surface area contributed by atoms with E-state index in [0.717, 1.165) is 25.3 Å². The Morgan fingerprint density at radius 2 is 2.16 bits per heavy atom. The van der Waals surface area contributed by atoms with E-state index in [1.54, 1.807) is 0 Å². The summed E-state index contributed by atoms with van der Waals surface area (Å²) >= 11 is 0. The van der Waals surface area contributed by atoms with Crippen LogP contribution in [0, 0.1) is 12.8 Å². The van der Waals surface area contributed by atoms with Gasteiger partial charge in [0.2, 0.25) is 0 Å². The number of hydrogen-bond donors (Lipinski definition) is 2. The van der Waals surface area contributed by atoms with Gasteiger partial charge in [0.25, 0.3) is 0 Å². The van der Waals surface area contributed by atoms with Gasteiger partial charge in [0.1, 0.15) is 0 Å². The lowest BCUT2D eigenvalue weighted by Crippen LogP contribution is -2.42. The van der Waals surface area contributed by atoms with Crippen molar-refractivity contribution >= 4 is 0 Å². The highest BCUT2D eigenvalue weighted by Gasteiger charge is 2.30. The molecular formula is C17H27NO. The third kappa shape index (κ3) is 4.05. The van der Waals surface area contributed by atoms with Crippen LogP contribution in [0.1, 0.15) is 49.7 Å². The lowest BCUT2D eigenvalue weighted by molar-refractivity contribution is 0.231. The first-order valence-electron chi connectivity index (χ1n) is 7.63. The SMILES string of the molecule is CCC(CCO)CNC1CC(c2cccc(C)c2)C1. The van der Waals surface area contributed by atoms with Crippen LogP contribution in [0.5, 0.6) is 0 Å². The molecule has 2 N–H and O–H groups in total. The van der Waals surface area contributed by atoms with Crippen LogP contribution >= 0.6 is 0 Å². The van der Waals surface area contributed by atoms with Gasteiger partial charge in [-0.2, -0.15) is 0 Å². The molecule has 0 aromatic heterocycles. The molecule has 1 aromatic carbocycles. The van der Waals surface area contributed by atoms with E-state index < -0.39 is 0 Å². The molecule has 0 radical (unpaired) electrons. The average molecular weight is 261 g/mol. The molecule has 0 saturated heterocycles. The van der Waals surface area contributed by atoms with Crippen molar-refractivity contribution in [2.45, 2.75) is 51.5 Å². The molecule has 2 rings (SSSR count). The second-order valence-electron chi connectivity index (χ2n) is 5.97. The minimum Gasteiger partial charge on any atom is -0.396 e. The first-order chi connectivity index (χ1) is 9.22. The number of benzene rings is 1. The molecule has 1 aromatic rings. The zero-order chi connectivity index (χ0) is 13.7. The summed E-state index contributed by atoms with van der Waals surface area (Å²) in [5.74, 6) is 1.37. The standard InChI is InChI=1S/C17H27NO/c1-3-14(7-8-19)12-18-17-10-16(11-17)15-6-4-5-13(2)9-15/h4-6,9,14,16-19H,3,7-8,10-12H2,1-2H3. The van der Waals surface area contributed by atoms with E-state index in [1.807, 2.05) is 0 Å². The lowest BCUT2D eigenvalue weighted by atomic mass is 9.75. The smallest absolute Gasteiger partial charge is 0.0434 e. The molecule has 0 bridgehead atoms. The fourth-order valence-corrected chi connectivity index (χ4v) is 2.95. The molecule has 0 aliphatic heterocycles. The quantitative estimate of drug-likeness (QED) is 0.790. The van der Waals surface area contributed by atoms with Gasteiger partial charge in [-0.15, -0.1) is 0 Å². The lowest BCUT2D eigenvalue weighted by Gasteiger charge is -2.37. The van der Waals surface area contributed by atoms with Gasteiger partial charge in [0, 0.05) is 12.6 Å². The fourth-order valence-electron chi connectivity index (χ4n) is 2.95. The highest BCUT2D eigenvalue weighted by Crippen LogP contribution is 2.37. The summed E-state index contributed by atoms with van der Waals surface area (Å²) in [7, 11) is 0. The summed E-state index contributed by atoms with van der Waals surface area (Å²) in [4.78, 5) is 0. The Bertz CT molecular complexity index is 385. The highest BCUT2D eigenvalue weighted by atomic mass is 16.3. The molecule has 1 atom stereocenters. The topological polar surface area (TPSA) is 32.3 Å². The second kappa shape index (κ2) is 7.06. The van der Waals surface area contributed by atoms with Crippen molar-refractivity contribution in [3.63, 3.8) is 0 Å². The van der Waals surface area contributed by atoms with Crippen molar-refractivity contribution in [1.29, 1.82) is 0 Å². The van der Waals surface area contributed by atoms with Crippen LogP contribution in [0.3, 0.4) is 0 Å². The zero-order valence-electron chi connectivity index (χ0n) is 12.2. The zero-order valence-corrected chi connectivity index (χ0v) is 12.2. The van der Waals surface area contributed by atoms with E-state index >= 15 is 0 Å². The van der Waals surface area contributed by atoms with Gasteiger partial charge in [-0.3, -0.25) is 0 Å². The molecule has 1 aliphatic carbocycles. The number of aliphatic hydroxyl groups excluding tert-OH is 1. The number of aryl methyl sites for hydroxylation is 1. The molecule has 0 spiro atoms. The molecule has 2 heteroatoms. The van der Waals surface area contributed by atoms with Gasteiger partial charge < -0.3 is 10.4 Å². The predicted molar refractivity (Wildman–Crippen MR) is 80.4 cm³/mol. The van der Waals surface area contributed by atoms with E-state index in [9.17, 15) is 0 Å². The van der Waals surface area contributed by atoms with Crippen molar-refractivity contribution in [3.8, 4) is 0 Å². The summed E-state index contributed by atoms with van der Waals surface area (Å²) in [6.07, 6.45) is 4.61. The number of aliphatic hydroxyl groups is 1. The Balaban J connectivity index is 1.71. The van der Waals surface area contributed by atoms with Gasteiger partial charge in [-0.05, 0) is 50.1 Å². The molecule has 0 amide bonds. The minimum atomic E-state index is 0.316. The van der Waals surface area contributed by atoms with Gasteiger partial charge >= 0.3 is 0 Å². The van der Waals surface area contributed by atoms with Crippen molar-refractivity contribution in [2.75, 3.05) is 13.2 Å². The van der Waals surface area contributed by atoms with Gasteiger partial charge in [-0.1, -0.05) is 43.2 Å².